The minimum absolute atomic E-state index is 0.716. The first kappa shape index (κ1) is 16.8. The summed E-state index contributed by atoms with van der Waals surface area (Å²) in [6.45, 7) is 0. The maximum atomic E-state index is 6.12. The Hall–Kier alpha value is -3.30. The van der Waals surface area contributed by atoms with Gasteiger partial charge >= 0.3 is 0 Å². The van der Waals surface area contributed by atoms with Crippen LogP contribution in [0.1, 0.15) is 0 Å². The van der Waals surface area contributed by atoms with E-state index in [1.54, 1.807) is 0 Å². The Morgan fingerprint density at radius 2 is 1.39 bits per heavy atom. The molecular formula is C24H18ClN3. The van der Waals surface area contributed by atoms with Gasteiger partial charge in [0.15, 0.2) is 0 Å². The van der Waals surface area contributed by atoms with E-state index in [4.69, 9.17) is 16.6 Å². The molecule has 0 unspecified atom stereocenters. The van der Waals surface area contributed by atoms with Crippen molar-refractivity contribution in [3.63, 3.8) is 0 Å². The van der Waals surface area contributed by atoms with Crippen LogP contribution < -0.4 is 0 Å². The molecule has 28 heavy (non-hydrogen) atoms. The van der Waals surface area contributed by atoms with Gasteiger partial charge in [0.1, 0.15) is 0 Å². The molecular weight excluding hydrogens is 366 g/mol. The second-order valence-electron chi connectivity index (χ2n) is 6.86. The Balaban J connectivity index is 1.51. The predicted molar refractivity (Wildman–Crippen MR) is 115 cm³/mol. The van der Waals surface area contributed by atoms with Crippen LogP contribution in [0.5, 0.6) is 0 Å². The topological polar surface area (TPSA) is 22.2 Å². The van der Waals surface area contributed by atoms with E-state index in [1.807, 2.05) is 43.6 Å². The van der Waals surface area contributed by atoms with Crippen molar-refractivity contribution in [3.05, 3.63) is 96.3 Å². The largest absolute Gasteiger partial charge is 0.313 e. The first-order chi connectivity index (χ1) is 13.7. The van der Waals surface area contributed by atoms with Crippen molar-refractivity contribution < 1.29 is 0 Å². The highest BCUT2D eigenvalue weighted by Crippen LogP contribution is 2.28. The second-order valence-corrected chi connectivity index (χ2v) is 7.30. The Labute approximate surface area is 168 Å². The number of fused-ring (bicyclic) bond motifs is 1. The van der Waals surface area contributed by atoms with Crippen LogP contribution in [0.15, 0.2) is 91.3 Å². The number of imidazole rings is 2. The van der Waals surface area contributed by atoms with E-state index in [2.05, 4.69) is 63.7 Å². The number of hydrogen-bond donors (Lipinski definition) is 0. The molecule has 0 atom stereocenters. The van der Waals surface area contributed by atoms with Gasteiger partial charge in [-0.2, -0.15) is 0 Å². The van der Waals surface area contributed by atoms with Gasteiger partial charge in [0.05, 0.1) is 11.4 Å². The Kier molecular flexibility index (Phi) is 4.03. The molecule has 0 aliphatic heterocycles. The smallest absolute Gasteiger partial charge is 0.214 e. The number of aryl methyl sites for hydroxylation is 1. The summed E-state index contributed by atoms with van der Waals surface area (Å²) in [6, 6.07) is 26.9. The predicted octanol–water partition coefficient (Wildman–Crippen LogP) is 6.33. The van der Waals surface area contributed by atoms with E-state index in [9.17, 15) is 0 Å². The molecule has 0 amide bonds. The van der Waals surface area contributed by atoms with Gasteiger partial charge in [0.2, 0.25) is 5.78 Å². The minimum atomic E-state index is 0.716. The lowest BCUT2D eigenvalue weighted by atomic mass is 10.0. The normalized spacial score (nSPS) is 11.2. The highest BCUT2D eigenvalue weighted by atomic mass is 35.5. The lowest BCUT2D eigenvalue weighted by Crippen LogP contribution is -1.92. The molecule has 4 heteroatoms. The number of rotatable bonds is 3. The maximum Gasteiger partial charge on any atom is 0.214 e. The van der Waals surface area contributed by atoms with Crippen LogP contribution in [0.25, 0.3) is 39.4 Å². The monoisotopic (exact) mass is 383 g/mol. The average Bonchev–Trinajstić information content (AvgIpc) is 3.28. The van der Waals surface area contributed by atoms with Crippen LogP contribution in [-0.2, 0) is 7.05 Å². The Morgan fingerprint density at radius 3 is 2.11 bits per heavy atom. The summed E-state index contributed by atoms with van der Waals surface area (Å²) in [4.78, 5) is 4.80. The van der Waals surface area contributed by atoms with Crippen molar-refractivity contribution in [1.29, 1.82) is 0 Å². The maximum absolute atomic E-state index is 6.12. The average molecular weight is 384 g/mol. The molecule has 0 bridgehead atoms. The second kappa shape index (κ2) is 6.70. The summed E-state index contributed by atoms with van der Waals surface area (Å²) in [5.41, 5.74) is 6.66. The molecule has 5 aromatic rings. The molecule has 3 nitrogen and oxygen atoms in total. The molecule has 5 rings (SSSR count). The third-order valence-electron chi connectivity index (χ3n) is 5.04. The quantitative estimate of drug-likeness (QED) is 0.357. The first-order valence-corrected chi connectivity index (χ1v) is 9.53. The fourth-order valence-electron chi connectivity index (χ4n) is 3.57. The number of halogens is 1. The molecule has 3 aromatic carbocycles. The number of nitrogens with zero attached hydrogens (tertiary/aromatic N) is 3. The highest BCUT2D eigenvalue weighted by molar-refractivity contribution is 6.30. The number of benzene rings is 3. The first-order valence-electron chi connectivity index (χ1n) is 9.15. The molecule has 2 aromatic heterocycles. The zero-order valence-corrected chi connectivity index (χ0v) is 16.1. The van der Waals surface area contributed by atoms with E-state index in [1.165, 1.54) is 11.1 Å². The summed E-state index contributed by atoms with van der Waals surface area (Å²) in [5, 5.41) is 0.716. The minimum Gasteiger partial charge on any atom is -0.313 e. The molecule has 0 saturated heterocycles. The van der Waals surface area contributed by atoms with Crippen molar-refractivity contribution >= 4 is 17.4 Å². The molecule has 0 aliphatic rings. The summed E-state index contributed by atoms with van der Waals surface area (Å²) in [6.07, 6.45) is 4.16. The van der Waals surface area contributed by atoms with Gasteiger partial charge in [-0.15, -0.1) is 0 Å². The van der Waals surface area contributed by atoms with Gasteiger partial charge in [-0.3, -0.25) is 4.40 Å². The van der Waals surface area contributed by atoms with Crippen LogP contribution in [0.3, 0.4) is 0 Å². The van der Waals surface area contributed by atoms with Crippen molar-refractivity contribution in [2.45, 2.75) is 0 Å². The Bertz CT molecular complexity index is 1260. The molecule has 0 spiro atoms. The van der Waals surface area contributed by atoms with E-state index in [0.717, 1.165) is 28.3 Å². The van der Waals surface area contributed by atoms with Gasteiger partial charge in [-0.25, -0.2) is 4.98 Å². The summed E-state index contributed by atoms with van der Waals surface area (Å²) in [5.74, 6) is 0.900. The molecule has 0 aliphatic carbocycles. The number of hydrogen-bond acceptors (Lipinski definition) is 1. The lowest BCUT2D eigenvalue weighted by Gasteiger charge is -2.05. The van der Waals surface area contributed by atoms with Gasteiger partial charge in [0, 0.05) is 30.0 Å². The van der Waals surface area contributed by atoms with Gasteiger partial charge in [0.25, 0.3) is 0 Å². The summed E-state index contributed by atoms with van der Waals surface area (Å²) < 4.78 is 4.18. The SMILES string of the molecule is Cn1c(-c2ccc(-c3ccccc3)cc2)cn2cc(-c3cccc(Cl)c3)nc12. The molecule has 2 heterocycles. The van der Waals surface area contributed by atoms with Crippen molar-refractivity contribution in [1.82, 2.24) is 14.0 Å². The van der Waals surface area contributed by atoms with Crippen LogP contribution >= 0.6 is 11.6 Å². The number of aromatic nitrogens is 3. The lowest BCUT2D eigenvalue weighted by molar-refractivity contribution is 0.945. The molecule has 0 saturated carbocycles. The van der Waals surface area contributed by atoms with Gasteiger partial charge < -0.3 is 4.57 Å². The standard InChI is InChI=1S/C24H18ClN3/c1-27-23(19-12-10-18(11-13-19)17-6-3-2-4-7-17)16-28-15-22(26-24(27)28)20-8-5-9-21(25)14-20/h2-16H,1H3. The van der Waals surface area contributed by atoms with Crippen LogP contribution in [0.2, 0.25) is 5.02 Å². The van der Waals surface area contributed by atoms with E-state index >= 15 is 0 Å². The van der Waals surface area contributed by atoms with Crippen LogP contribution in [-0.4, -0.2) is 14.0 Å². The zero-order chi connectivity index (χ0) is 19.1. The van der Waals surface area contributed by atoms with E-state index < -0.39 is 0 Å². The fourth-order valence-corrected chi connectivity index (χ4v) is 3.76. The summed E-state index contributed by atoms with van der Waals surface area (Å²) >= 11 is 6.12. The van der Waals surface area contributed by atoms with Crippen LogP contribution in [0.4, 0.5) is 0 Å². The zero-order valence-electron chi connectivity index (χ0n) is 15.4. The molecule has 0 N–H and O–H groups in total. The highest BCUT2D eigenvalue weighted by Gasteiger charge is 2.12. The van der Waals surface area contributed by atoms with Gasteiger partial charge in [-0.05, 0) is 28.8 Å². The van der Waals surface area contributed by atoms with Gasteiger partial charge in [-0.1, -0.05) is 78.3 Å². The van der Waals surface area contributed by atoms with Crippen molar-refractivity contribution in [2.24, 2.45) is 7.05 Å². The molecule has 136 valence electrons. The van der Waals surface area contributed by atoms with E-state index in [-0.39, 0.29) is 0 Å². The Morgan fingerprint density at radius 1 is 0.714 bits per heavy atom. The summed E-state index contributed by atoms with van der Waals surface area (Å²) in [7, 11) is 2.05. The third-order valence-corrected chi connectivity index (χ3v) is 5.28. The molecule has 0 radical (unpaired) electrons. The van der Waals surface area contributed by atoms with Crippen molar-refractivity contribution in [2.75, 3.05) is 0 Å². The van der Waals surface area contributed by atoms with Crippen molar-refractivity contribution in [3.8, 4) is 33.6 Å². The molecule has 0 fully saturated rings. The van der Waals surface area contributed by atoms with Crippen LogP contribution in [0, 0.1) is 0 Å². The third kappa shape index (κ3) is 2.90. The van der Waals surface area contributed by atoms with E-state index in [0.29, 0.717) is 5.02 Å². The fraction of sp³-hybridized carbons (Fsp3) is 0.0417.